The van der Waals surface area contributed by atoms with Gasteiger partial charge < -0.3 is 21.7 Å². The average Bonchev–Trinajstić information content (AvgIpc) is 2.21. The van der Waals surface area contributed by atoms with Crippen LogP contribution in [-0.2, 0) is 14.4 Å². The summed E-state index contributed by atoms with van der Waals surface area (Å²) in [6, 6.07) is 0. The van der Waals surface area contributed by atoms with E-state index in [0.717, 1.165) is 0 Å². The average molecular weight is 232 g/mol. The second-order valence-corrected chi connectivity index (χ2v) is 3.03. The molecular weight excluding hydrogens is 220 g/mol. The van der Waals surface area contributed by atoms with Crippen molar-refractivity contribution in [2.45, 2.75) is 0 Å². The first-order valence-electron chi connectivity index (χ1n) is 4.02. The molecule has 0 rings (SSSR count). The van der Waals surface area contributed by atoms with Gasteiger partial charge in [-0.2, -0.15) is 0 Å². The molecule has 0 atom stereocenters. The number of hydrogen-bond donors (Lipinski definition) is 4. The van der Waals surface area contributed by atoms with Gasteiger partial charge in [0.05, 0.1) is 18.1 Å². The van der Waals surface area contributed by atoms with Crippen LogP contribution in [0.4, 0.5) is 0 Å². The Bertz CT molecular complexity index is 292. The number of hydrogen-bond acceptors (Lipinski definition) is 4. The second-order valence-electron chi connectivity index (χ2n) is 2.50. The van der Waals surface area contributed by atoms with E-state index in [9.17, 15) is 14.4 Å². The number of carbonyl (C=O) groups excluding carboxylic acids is 3. The van der Waals surface area contributed by atoms with Crippen molar-refractivity contribution in [1.82, 2.24) is 16.0 Å². The van der Waals surface area contributed by atoms with Crippen LogP contribution in [0, 0.1) is 0 Å². The van der Waals surface area contributed by atoms with E-state index >= 15 is 0 Å². The summed E-state index contributed by atoms with van der Waals surface area (Å²) in [7, 11) is 1.42. The lowest BCUT2D eigenvalue weighted by Crippen LogP contribution is -2.45. The Kier molecular flexibility index (Phi) is 5.95. The van der Waals surface area contributed by atoms with E-state index < -0.39 is 17.7 Å². The maximum Gasteiger partial charge on any atom is 0.309 e. The van der Waals surface area contributed by atoms with Gasteiger partial charge in [-0.1, -0.05) is 12.2 Å². The molecule has 0 aromatic carbocycles. The molecule has 0 aromatic heterocycles. The van der Waals surface area contributed by atoms with E-state index in [1.807, 2.05) is 0 Å². The van der Waals surface area contributed by atoms with Crippen LogP contribution >= 0.6 is 12.2 Å². The minimum Gasteiger partial charge on any atom is -0.392 e. The quantitative estimate of drug-likeness (QED) is 0.310. The van der Waals surface area contributed by atoms with Crippen LogP contribution < -0.4 is 21.7 Å². The van der Waals surface area contributed by atoms with Crippen molar-refractivity contribution in [3.05, 3.63) is 0 Å². The van der Waals surface area contributed by atoms with Crippen LogP contribution in [0.25, 0.3) is 0 Å². The van der Waals surface area contributed by atoms with Crippen LogP contribution in [0.1, 0.15) is 0 Å². The van der Waals surface area contributed by atoms with Gasteiger partial charge in [0, 0.05) is 7.05 Å². The Morgan fingerprint density at radius 3 is 2.00 bits per heavy atom. The Labute approximate surface area is 91.8 Å². The maximum atomic E-state index is 11.0. The number of nitrogens with one attached hydrogen (secondary N) is 3. The second kappa shape index (κ2) is 6.71. The van der Waals surface area contributed by atoms with Crippen molar-refractivity contribution >= 4 is 34.9 Å². The fourth-order valence-corrected chi connectivity index (χ4v) is 0.649. The van der Waals surface area contributed by atoms with Gasteiger partial charge in [0.2, 0.25) is 5.91 Å². The van der Waals surface area contributed by atoms with Crippen LogP contribution in [0.15, 0.2) is 0 Å². The third-order valence-electron chi connectivity index (χ3n) is 1.32. The van der Waals surface area contributed by atoms with Gasteiger partial charge in [-0.15, -0.1) is 0 Å². The molecule has 3 amide bonds. The molecule has 8 heteroatoms. The van der Waals surface area contributed by atoms with Crippen molar-refractivity contribution in [3.8, 4) is 0 Å². The number of thiocarbonyl (C=S) groups is 1. The van der Waals surface area contributed by atoms with Crippen molar-refractivity contribution in [2.24, 2.45) is 5.73 Å². The molecule has 0 radical (unpaired) electrons. The third-order valence-corrected chi connectivity index (χ3v) is 1.46. The molecule has 0 unspecified atom stereocenters. The van der Waals surface area contributed by atoms with E-state index in [1.54, 1.807) is 0 Å². The van der Waals surface area contributed by atoms with Crippen LogP contribution in [0.5, 0.6) is 0 Å². The molecule has 5 N–H and O–H groups in total. The fraction of sp³-hybridized carbons (Fsp3) is 0.429. The largest absolute Gasteiger partial charge is 0.392 e. The van der Waals surface area contributed by atoms with Crippen molar-refractivity contribution in [2.75, 3.05) is 20.1 Å². The Morgan fingerprint density at radius 2 is 1.60 bits per heavy atom. The lowest BCUT2D eigenvalue weighted by molar-refractivity contribution is -0.139. The lowest BCUT2D eigenvalue weighted by Gasteiger charge is -2.04. The van der Waals surface area contributed by atoms with Gasteiger partial charge in [0.15, 0.2) is 0 Å². The van der Waals surface area contributed by atoms with Gasteiger partial charge in [0.25, 0.3) is 0 Å². The Hall–Kier alpha value is -1.70. The molecule has 0 bridgehead atoms. The zero-order chi connectivity index (χ0) is 11.8. The summed E-state index contributed by atoms with van der Waals surface area (Å²) in [6.45, 7) is -0.308. The molecule has 0 aliphatic rings. The highest BCUT2D eigenvalue weighted by Gasteiger charge is 2.13. The molecule has 0 saturated heterocycles. The molecule has 0 aliphatic heterocycles. The zero-order valence-electron chi connectivity index (χ0n) is 8.12. The summed E-state index contributed by atoms with van der Waals surface area (Å²) < 4.78 is 0. The molecule has 0 saturated carbocycles. The number of carbonyl (C=O) groups is 3. The molecule has 7 nitrogen and oxygen atoms in total. The van der Waals surface area contributed by atoms with Crippen LogP contribution in [0.3, 0.4) is 0 Å². The predicted octanol–water partition coefficient (Wildman–Crippen LogP) is -2.75. The molecule has 0 heterocycles. The van der Waals surface area contributed by atoms with Crippen molar-refractivity contribution in [3.63, 3.8) is 0 Å². The summed E-state index contributed by atoms with van der Waals surface area (Å²) in [5.74, 6) is -2.19. The van der Waals surface area contributed by atoms with Crippen LogP contribution in [-0.4, -0.2) is 42.8 Å². The summed E-state index contributed by atoms with van der Waals surface area (Å²) in [4.78, 5) is 32.7. The number of rotatable bonds is 4. The van der Waals surface area contributed by atoms with E-state index in [0.29, 0.717) is 0 Å². The molecule has 84 valence electrons. The lowest BCUT2D eigenvalue weighted by atomic mass is 10.5. The van der Waals surface area contributed by atoms with Crippen LogP contribution in [0.2, 0.25) is 0 Å². The van der Waals surface area contributed by atoms with E-state index in [-0.39, 0.29) is 18.1 Å². The summed E-state index contributed by atoms with van der Waals surface area (Å²) in [6.07, 6.45) is 0. The molecule has 0 spiro atoms. The molecule has 0 aliphatic carbocycles. The number of likely N-dealkylation sites (N-methyl/N-ethyl adjacent to an activating group) is 1. The SMILES string of the molecule is CNC(=O)CNC(=O)C(=O)NCC(N)=S. The Morgan fingerprint density at radius 1 is 1.13 bits per heavy atom. The van der Waals surface area contributed by atoms with Crippen molar-refractivity contribution in [1.29, 1.82) is 0 Å². The number of amides is 3. The zero-order valence-corrected chi connectivity index (χ0v) is 8.94. The first kappa shape index (κ1) is 13.3. The summed E-state index contributed by atoms with van der Waals surface area (Å²) in [5.41, 5.74) is 5.11. The topological polar surface area (TPSA) is 113 Å². The molecule has 15 heavy (non-hydrogen) atoms. The predicted molar refractivity (Wildman–Crippen MR) is 56.9 cm³/mol. The fourth-order valence-electron chi connectivity index (χ4n) is 0.577. The molecule has 0 aromatic rings. The van der Waals surface area contributed by atoms with E-state index in [2.05, 4.69) is 28.2 Å². The minimum absolute atomic E-state index is 0.0540. The highest BCUT2D eigenvalue weighted by Crippen LogP contribution is 1.70. The van der Waals surface area contributed by atoms with Gasteiger partial charge in [-0.3, -0.25) is 14.4 Å². The minimum atomic E-state index is -0.908. The smallest absolute Gasteiger partial charge is 0.309 e. The molecule has 0 fully saturated rings. The highest BCUT2D eigenvalue weighted by atomic mass is 32.1. The first-order valence-corrected chi connectivity index (χ1v) is 4.43. The van der Waals surface area contributed by atoms with Gasteiger partial charge >= 0.3 is 11.8 Å². The van der Waals surface area contributed by atoms with Gasteiger partial charge in [-0.25, -0.2) is 0 Å². The third kappa shape index (κ3) is 6.38. The highest BCUT2D eigenvalue weighted by molar-refractivity contribution is 7.80. The summed E-state index contributed by atoms with van der Waals surface area (Å²) in [5, 5.41) is 6.57. The van der Waals surface area contributed by atoms with Gasteiger partial charge in [0.1, 0.15) is 0 Å². The standard InChI is InChI=1S/C7H12N4O3S/c1-9-5(12)3-11-7(14)6(13)10-2-4(8)15/h2-3H2,1H3,(H2,8,15)(H,9,12)(H,10,13)(H,11,14). The first-order chi connectivity index (χ1) is 6.97. The van der Waals surface area contributed by atoms with E-state index in [1.165, 1.54) is 7.05 Å². The summed E-state index contributed by atoms with van der Waals surface area (Å²) >= 11 is 4.49. The van der Waals surface area contributed by atoms with E-state index in [4.69, 9.17) is 5.73 Å². The molecular formula is C7H12N4O3S. The Balaban J connectivity index is 3.84. The monoisotopic (exact) mass is 232 g/mol. The van der Waals surface area contributed by atoms with Gasteiger partial charge in [-0.05, 0) is 0 Å². The normalized spacial score (nSPS) is 8.87. The number of nitrogens with two attached hydrogens (primary N) is 1. The van der Waals surface area contributed by atoms with Crippen molar-refractivity contribution < 1.29 is 14.4 Å². The maximum absolute atomic E-state index is 11.0.